The quantitative estimate of drug-likeness (QED) is 0.895. The second-order valence-electron chi connectivity index (χ2n) is 5.04. The van der Waals surface area contributed by atoms with Gasteiger partial charge in [0.15, 0.2) is 0 Å². The van der Waals surface area contributed by atoms with Crippen LogP contribution < -0.4 is 10.3 Å². The third-order valence-electron chi connectivity index (χ3n) is 3.65. The van der Waals surface area contributed by atoms with E-state index in [1.54, 1.807) is 0 Å². The summed E-state index contributed by atoms with van der Waals surface area (Å²) in [6.45, 7) is 12.6. The maximum atomic E-state index is 4.43. The van der Waals surface area contributed by atoms with Crippen LogP contribution in [0.3, 0.4) is 0 Å². The van der Waals surface area contributed by atoms with Crippen molar-refractivity contribution in [2.45, 2.75) is 27.2 Å². The van der Waals surface area contributed by atoms with Crippen LogP contribution in [0.2, 0.25) is 0 Å². The number of nitrogens with zero attached hydrogens (tertiary/aromatic N) is 2. The molecule has 1 unspecified atom stereocenters. The number of nitrogens with one attached hydrogen (secondary N) is 1. The Morgan fingerprint density at radius 3 is 2.42 bits per heavy atom. The van der Waals surface area contributed by atoms with Crippen LogP contribution in [0, 0.1) is 5.92 Å². The molecule has 1 heterocycles. The van der Waals surface area contributed by atoms with Crippen LogP contribution in [0.25, 0.3) is 0 Å². The third-order valence-corrected chi connectivity index (χ3v) is 3.65. The van der Waals surface area contributed by atoms with E-state index in [1.807, 2.05) is 0 Å². The first-order valence-electron chi connectivity index (χ1n) is 7.02. The topological polar surface area (TPSA) is 27.6 Å². The summed E-state index contributed by atoms with van der Waals surface area (Å²) in [6, 6.07) is 8.69. The predicted molar refractivity (Wildman–Crippen MR) is 82.6 cm³/mol. The van der Waals surface area contributed by atoms with E-state index in [0.717, 1.165) is 30.9 Å². The predicted octanol–water partition coefficient (Wildman–Crippen LogP) is 3.38. The van der Waals surface area contributed by atoms with E-state index >= 15 is 0 Å². The Morgan fingerprint density at radius 2 is 1.89 bits per heavy atom. The lowest BCUT2D eigenvalue weighted by molar-refractivity contribution is 0.653. The van der Waals surface area contributed by atoms with Crippen LogP contribution in [0.5, 0.6) is 0 Å². The first-order chi connectivity index (χ1) is 9.15. The Balaban J connectivity index is 2.21. The van der Waals surface area contributed by atoms with Gasteiger partial charge in [-0.15, -0.1) is 0 Å². The van der Waals surface area contributed by atoms with Crippen molar-refractivity contribution < 1.29 is 0 Å². The van der Waals surface area contributed by atoms with Crippen LogP contribution >= 0.6 is 0 Å². The van der Waals surface area contributed by atoms with Crippen molar-refractivity contribution in [3.63, 3.8) is 0 Å². The maximum Gasteiger partial charge on any atom is 0.0711 e. The minimum Gasteiger partial charge on any atom is -0.372 e. The molecule has 3 heteroatoms. The second kappa shape index (κ2) is 5.91. The highest BCUT2D eigenvalue weighted by Crippen LogP contribution is 2.22. The van der Waals surface area contributed by atoms with Gasteiger partial charge in [-0.1, -0.05) is 25.6 Å². The Hall–Kier alpha value is -1.77. The second-order valence-corrected chi connectivity index (χ2v) is 5.04. The first-order valence-corrected chi connectivity index (χ1v) is 7.02. The molecule has 0 fully saturated rings. The van der Waals surface area contributed by atoms with Gasteiger partial charge in [0, 0.05) is 30.4 Å². The lowest BCUT2D eigenvalue weighted by Gasteiger charge is -2.24. The summed E-state index contributed by atoms with van der Waals surface area (Å²) in [5.74, 6) is 0.424. The standard InChI is InChI=1S/C16H23N3/c1-5-19(6-2)15-9-7-14(8-10-15)16-12(3)11-13(4)17-18-16/h7-10,12,17H,4-6,11H2,1-3H3. The fourth-order valence-electron chi connectivity index (χ4n) is 2.54. The fraction of sp³-hybridized carbons (Fsp3) is 0.438. The molecule has 0 amide bonds. The minimum absolute atomic E-state index is 0.424. The van der Waals surface area contributed by atoms with Crippen molar-refractivity contribution in [1.82, 2.24) is 5.43 Å². The van der Waals surface area contributed by atoms with Crippen molar-refractivity contribution in [3.05, 3.63) is 42.1 Å². The Morgan fingerprint density at radius 1 is 1.26 bits per heavy atom. The van der Waals surface area contributed by atoms with Gasteiger partial charge in [-0.25, -0.2) is 0 Å². The molecule has 19 heavy (non-hydrogen) atoms. The first kappa shape index (κ1) is 13.7. The largest absolute Gasteiger partial charge is 0.372 e. The van der Waals surface area contributed by atoms with E-state index in [9.17, 15) is 0 Å². The molecule has 1 aromatic rings. The summed E-state index contributed by atoms with van der Waals surface area (Å²) < 4.78 is 0. The molecular formula is C16H23N3. The summed E-state index contributed by atoms with van der Waals surface area (Å²) in [7, 11) is 0. The summed E-state index contributed by atoms with van der Waals surface area (Å²) in [6.07, 6.45) is 0.955. The summed E-state index contributed by atoms with van der Waals surface area (Å²) in [4.78, 5) is 2.34. The van der Waals surface area contributed by atoms with Crippen molar-refractivity contribution in [1.29, 1.82) is 0 Å². The van der Waals surface area contributed by atoms with Crippen molar-refractivity contribution in [2.24, 2.45) is 11.0 Å². The molecule has 0 saturated carbocycles. The smallest absolute Gasteiger partial charge is 0.0711 e. The highest BCUT2D eigenvalue weighted by atomic mass is 15.3. The number of hydrogen-bond acceptors (Lipinski definition) is 3. The number of anilines is 1. The Bertz CT molecular complexity index is 469. The van der Waals surface area contributed by atoms with Crippen LogP contribution in [-0.2, 0) is 0 Å². The van der Waals surface area contributed by atoms with E-state index in [-0.39, 0.29) is 0 Å². The zero-order chi connectivity index (χ0) is 13.8. The molecule has 1 aliphatic heterocycles. The lowest BCUT2D eigenvalue weighted by Crippen LogP contribution is -2.25. The normalized spacial score (nSPS) is 18.8. The van der Waals surface area contributed by atoms with E-state index in [0.29, 0.717) is 5.92 Å². The lowest BCUT2D eigenvalue weighted by atomic mass is 9.93. The van der Waals surface area contributed by atoms with Crippen LogP contribution in [0.1, 0.15) is 32.8 Å². The van der Waals surface area contributed by atoms with Crippen molar-refractivity contribution >= 4 is 11.4 Å². The zero-order valence-electron chi connectivity index (χ0n) is 12.1. The van der Waals surface area contributed by atoms with Gasteiger partial charge in [-0.05, 0) is 38.0 Å². The molecule has 3 nitrogen and oxygen atoms in total. The van der Waals surface area contributed by atoms with Crippen LogP contribution in [0.15, 0.2) is 41.6 Å². The van der Waals surface area contributed by atoms with E-state index in [2.05, 4.69) is 67.0 Å². The molecule has 1 atom stereocenters. The van der Waals surface area contributed by atoms with E-state index in [1.165, 1.54) is 11.3 Å². The molecular weight excluding hydrogens is 234 g/mol. The van der Waals surface area contributed by atoms with E-state index in [4.69, 9.17) is 0 Å². The van der Waals surface area contributed by atoms with Crippen LogP contribution in [0.4, 0.5) is 5.69 Å². The molecule has 1 aromatic carbocycles. The zero-order valence-corrected chi connectivity index (χ0v) is 12.1. The Labute approximate surface area is 116 Å². The minimum atomic E-state index is 0.424. The van der Waals surface area contributed by atoms with Gasteiger partial charge in [-0.3, -0.25) is 5.43 Å². The molecule has 1 aliphatic rings. The maximum absolute atomic E-state index is 4.43. The molecule has 1 N–H and O–H groups in total. The van der Waals surface area contributed by atoms with Gasteiger partial charge in [-0.2, -0.15) is 5.10 Å². The monoisotopic (exact) mass is 257 g/mol. The SMILES string of the molecule is C=C1CC(C)C(c2ccc(N(CC)CC)cc2)=NN1. The molecule has 0 saturated heterocycles. The number of rotatable bonds is 4. The fourth-order valence-corrected chi connectivity index (χ4v) is 2.54. The number of hydrogen-bond donors (Lipinski definition) is 1. The average Bonchev–Trinajstić information content (AvgIpc) is 2.41. The molecule has 0 aliphatic carbocycles. The van der Waals surface area contributed by atoms with Crippen molar-refractivity contribution in [3.8, 4) is 0 Å². The third kappa shape index (κ3) is 2.98. The molecule has 2 rings (SSSR count). The highest BCUT2D eigenvalue weighted by molar-refractivity contribution is 6.02. The average molecular weight is 257 g/mol. The van der Waals surface area contributed by atoms with Crippen LogP contribution in [-0.4, -0.2) is 18.8 Å². The number of benzene rings is 1. The summed E-state index contributed by atoms with van der Waals surface area (Å²) in [5, 5.41) is 4.43. The highest BCUT2D eigenvalue weighted by Gasteiger charge is 2.18. The van der Waals surface area contributed by atoms with Gasteiger partial charge >= 0.3 is 0 Å². The Kier molecular flexibility index (Phi) is 4.25. The van der Waals surface area contributed by atoms with Gasteiger partial charge in [0.2, 0.25) is 0 Å². The van der Waals surface area contributed by atoms with Gasteiger partial charge in [0.1, 0.15) is 0 Å². The molecule has 102 valence electrons. The number of hydrazone groups is 1. The summed E-state index contributed by atoms with van der Waals surface area (Å²) >= 11 is 0. The van der Waals surface area contributed by atoms with Gasteiger partial charge < -0.3 is 4.90 Å². The molecule has 0 radical (unpaired) electrons. The molecule has 0 spiro atoms. The van der Waals surface area contributed by atoms with Crippen molar-refractivity contribution in [2.75, 3.05) is 18.0 Å². The summed E-state index contributed by atoms with van der Waals surface area (Å²) in [5.41, 5.74) is 7.59. The number of allylic oxidation sites excluding steroid dienone is 1. The van der Waals surface area contributed by atoms with Gasteiger partial charge in [0.25, 0.3) is 0 Å². The van der Waals surface area contributed by atoms with E-state index < -0.39 is 0 Å². The molecule has 0 bridgehead atoms. The molecule has 0 aromatic heterocycles. The van der Waals surface area contributed by atoms with Gasteiger partial charge in [0.05, 0.1) is 5.71 Å².